The summed E-state index contributed by atoms with van der Waals surface area (Å²) >= 11 is 0. The number of pyridine rings is 1. The fraction of sp³-hybridized carbons (Fsp3) is 0.429. The van der Waals surface area contributed by atoms with Crippen LogP contribution in [0.15, 0.2) is 18.3 Å². The van der Waals surface area contributed by atoms with E-state index in [1.807, 2.05) is 32.2 Å². The number of carbonyl (C=O) groups excluding carboxylic acids is 1. The van der Waals surface area contributed by atoms with Crippen LogP contribution in [0.1, 0.15) is 35.9 Å². The summed E-state index contributed by atoms with van der Waals surface area (Å²) in [5, 5.41) is 3.00. The van der Waals surface area contributed by atoms with Gasteiger partial charge in [-0.05, 0) is 38.8 Å². The Hall–Kier alpha value is -2.04. The van der Waals surface area contributed by atoms with Gasteiger partial charge in [0.05, 0.1) is 12.3 Å². The minimum atomic E-state index is -0.0545. The summed E-state index contributed by atoms with van der Waals surface area (Å²) in [6.07, 6.45) is 4.00. The summed E-state index contributed by atoms with van der Waals surface area (Å²) in [6, 6.07) is 4.08. The van der Waals surface area contributed by atoms with Crippen molar-refractivity contribution in [1.82, 2.24) is 14.7 Å². The highest BCUT2D eigenvalue weighted by atomic mass is 16.5. The first-order valence-electron chi connectivity index (χ1n) is 6.62. The molecule has 1 saturated carbocycles. The second-order valence-corrected chi connectivity index (χ2v) is 4.79. The van der Waals surface area contributed by atoms with Crippen molar-refractivity contribution < 1.29 is 9.53 Å². The maximum Gasteiger partial charge on any atom is 0.270 e. The highest BCUT2D eigenvalue weighted by Gasteiger charge is 2.26. The van der Waals surface area contributed by atoms with Gasteiger partial charge in [-0.2, -0.15) is 0 Å². The zero-order valence-corrected chi connectivity index (χ0v) is 11.1. The van der Waals surface area contributed by atoms with Crippen molar-refractivity contribution in [3.63, 3.8) is 0 Å². The molecule has 1 amide bonds. The van der Waals surface area contributed by atoms with Crippen molar-refractivity contribution in [3.8, 4) is 5.75 Å². The SMILES string of the molecule is CCOc1cccn2c(C(=O)NC3CC3)c(C)nc12. The van der Waals surface area contributed by atoms with E-state index in [1.54, 1.807) is 4.40 Å². The monoisotopic (exact) mass is 259 g/mol. The average Bonchev–Trinajstić information content (AvgIpc) is 3.10. The zero-order valence-electron chi connectivity index (χ0n) is 11.1. The first kappa shape index (κ1) is 12.0. The lowest BCUT2D eigenvalue weighted by molar-refractivity contribution is 0.0944. The largest absolute Gasteiger partial charge is 0.490 e. The average molecular weight is 259 g/mol. The normalized spacial score (nSPS) is 14.6. The lowest BCUT2D eigenvalue weighted by Gasteiger charge is -2.06. The van der Waals surface area contributed by atoms with Crippen LogP contribution in [0.25, 0.3) is 5.65 Å². The number of hydrogen-bond acceptors (Lipinski definition) is 3. The van der Waals surface area contributed by atoms with Gasteiger partial charge < -0.3 is 10.1 Å². The molecule has 2 aromatic heterocycles. The molecule has 5 nitrogen and oxygen atoms in total. The second kappa shape index (κ2) is 4.57. The standard InChI is InChI=1S/C14H17N3O2/c1-3-19-11-5-4-8-17-12(9(2)15-13(11)17)14(18)16-10-6-7-10/h4-5,8,10H,3,6-7H2,1-2H3,(H,16,18). The number of aromatic nitrogens is 2. The number of amides is 1. The van der Waals surface area contributed by atoms with Crippen LogP contribution < -0.4 is 10.1 Å². The number of carbonyl (C=O) groups is 1. The van der Waals surface area contributed by atoms with Crippen molar-refractivity contribution in [2.45, 2.75) is 32.7 Å². The van der Waals surface area contributed by atoms with E-state index in [1.165, 1.54) is 0 Å². The molecular formula is C14H17N3O2. The number of fused-ring (bicyclic) bond motifs is 1. The molecule has 0 aromatic carbocycles. The number of aryl methyl sites for hydroxylation is 1. The quantitative estimate of drug-likeness (QED) is 0.912. The highest BCUT2D eigenvalue weighted by Crippen LogP contribution is 2.24. The van der Waals surface area contributed by atoms with Gasteiger partial charge in [0.15, 0.2) is 11.4 Å². The summed E-state index contributed by atoms with van der Waals surface area (Å²) in [5.41, 5.74) is 2.02. The molecule has 0 radical (unpaired) electrons. The fourth-order valence-electron chi connectivity index (χ4n) is 2.18. The van der Waals surface area contributed by atoms with Crippen LogP contribution in [0.2, 0.25) is 0 Å². The van der Waals surface area contributed by atoms with E-state index in [-0.39, 0.29) is 5.91 Å². The molecule has 0 bridgehead atoms. The van der Waals surface area contributed by atoms with Gasteiger partial charge in [0.2, 0.25) is 0 Å². The molecule has 0 atom stereocenters. The molecule has 0 spiro atoms. The molecule has 1 N–H and O–H groups in total. The molecule has 0 saturated heterocycles. The topological polar surface area (TPSA) is 55.6 Å². The number of hydrogen-bond donors (Lipinski definition) is 1. The van der Waals surface area contributed by atoms with Gasteiger partial charge in [-0.1, -0.05) is 0 Å². The van der Waals surface area contributed by atoms with Crippen LogP contribution in [0.3, 0.4) is 0 Å². The minimum Gasteiger partial charge on any atom is -0.490 e. The van der Waals surface area contributed by atoms with Crippen LogP contribution in [0.5, 0.6) is 5.75 Å². The van der Waals surface area contributed by atoms with E-state index in [4.69, 9.17) is 4.74 Å². The Morgan fingerprint density at radius 2 is 2.37 bits per heavy atom. The smallest absolute Gasteiger partial charge is 0.270 e. The molecule has 1 fully saturated rings. The van der Waals surface area contributed by atoms with Gasteiger partial charge in [0, 0.05) is 12.2 Å². The molecule has 0 aliphatic heterocycles. The third kappa shape index (κ3) is 2.16. The maximum atomic E-state index is 12.2. The van der Waals surface area contributed by atoms with Crippen LogP contribution >= 0.6 is 0 Å². The first-order valence-corrected chi connectivity index (χ1v) is 6.62. The predicted molar refractivity (Wildman–Crippen MR) is 71.6 cm³/mol. The highest BCUT2D eigenvalue weighted by molar-refractivity contribution is 5.95. The third-order valence-corrected chi connectivity index (χ3v) is 3.22. The van der Waals surface area contributed by atoms with E-state index >= 15 is 0 Å². The number of imidazole rings is 1. The molecule has 3 rings (SSSR count). The molecule has 2 aromatic rings. The Morgan fingerprint density at radius 1 is 1.58 bits per heavy atom. The lowest BCUT2D eigenvalue weighted by atomic mass is 10.3. The van der Waals surface area contributed by atoms with Gasteiger partial charge in [-0.3, -0.25) is 9.20 Å². The van der Waals surface area contributed by atoms with Gasteiger partial charge in [-0.15, -0.1) is 0 Å². The Bertz CT molecular complexity index is 629. The van der Waals surface area contributed by atoms with Crippen molar-refractivity contribution in [1.29, 1.82) is 0 Å². The predicted octanol–water partition coefficient (Wildman–Crippen LogP) is 1.93. The lowest BCUT2D eigenvalue weighted by Crippen LogP contribution is -2.27. The Balaban J connectivity index is 2.05. The second-order valence-electron chi connectivity index (χ2n) is 4.79. The maximum absolute atomic E-state index is 12.2. The molecular weight excluding hydrogens is 242 g/mol. The minimum absolute atomic E-state index is 0.0545. The molecule has 19 heavy (non-hydrogen) atoms. The molecule has 100 valence electrons. The van der Waals surface area contributed by atoms with Crippen molar-refractivity contribution in [2.75, 3.05) is 6.61 Å². The van der Waals surface area contributed by atoms with Gasteiger partial charge >= 0.3 is 0 Å². The summed E-state index contributed by atoms with van der Waals surface area (Å²) in [5.74, 6) is 0.653. The molecule has 1 aliphatic carbocycles. The van der Waals surface area contributed by atoms with Crippen LogP contribution in [-0.2, 0) is 0 Å². The van der Waals surface area contributed by atoms with Gasteiger partial charge in [0.25, 0.3) is 5.91 Å². The number of nitrogens with zero attached hydrogens (tertiary/aromatic N) is 2. The third-order valence-electron chi connectivity index (χ3n) is 3.22. The molecule has 0 unspecified atom stereocenters. The van der Waals surface area contributed by atoms with Gasteiger partial charge in [-0.25, -0.2) is 4.98 Å². The number of nitrogens with one attached hydrogen (secondary N) is 1. The molecule has 5 heteroatoms. The zero-order chi connectivity index (χ0) is 13.4. The van der Waals surface area contributed by atoms with Crippen LogP contribution in [-0.4, -0.2) is 27.9 Å². The van der Waals surface area contributed by atoms with Gasteiger partial charge in [0.1, 0.15) is 5.69 Å². The first-order chi connectivity index (χ1) is 9.20. The fourth-order valence-corrected chi connectivity index (χ4v) is 2.18. The van der Waals surface area contributed by atoms with Crippen LogP contribution in [0, 0.1) is 6.92 Å². The van der Waals surface area contributed by atoms with Crippen molar-refractivity contribution in [2.24, 2.45) is 0 Å². The van der Waals surface area contributed by atoms with E-state index in [9.17, 15) is 4.79 Å². The summed E-state index contributed by atoms with van der Waals surface area (Å²) in [7, 11) is 0. The number of rotatable bonds is 4. The van der Waals surface area contributed by atoms with E-state index < -0.39 is 0 Å². The summed E-state index contributed by atoms with van der Waals surface area (Å²) in [4.78, 5) is 16.7. The molecule has 2 heterocycles. The van der Waals surface area contributed by atoms with E-state index in [2.05, 4.69) is 10.3 Å². The van der Waals surface area contributed by atoms with Crippen molar-refractivity contribution >= 4 is 11.6 Å². The summed E-state index contributed by atoms with van der Waals surface area (Å²) in [6.45, 7) is 4.36. The Labute approximate surface area is 111 Å². The summed E-state index contributed by atoms with van der Waals surface area (Å²) < 4.78 is 7.35. The van der Waals surface area contributed by atoms with E-state index in [0.29, 0.717) is 29.7 Å². The van der Waals surface area contributed by atoms with E-state index in [0.717, 1.165) is 18.5 Å². The van der Waals surface area contributed by atoms with Crippen molar-refractivity contribution in [3.05, 3.63) is 29.7 Å². The Morgan fingerprint density at radius 3 is 3.05 bits per heavy atom. The Kier molecular flexibility index (Phi) is 2.89. The number of ether oxygens (including phenoxy) is 1. The molecule has 1 aliphatic rings. The van der Waals surface area contributed by atoms with Crippen LogP contribution in [0.4, 0.5) is 0 Å².